The average Bonchev–Trinajstić information content (AvgIpc) is 3.18. The van der Waals surface area contributed by atoms with Gasteiger partial charge in [0.05, 0.1) is 19.2 Å². The van der Waals surface area contributed by atoms with Crippen molar-refractivity contribution in [2.24, 2.45) is 0 Å². The summed E-state index contributed by atoms with van der Waals surface area (Å²) in [6.45, 7) is 2.07. The molecule has 2 amide bonds. The van der Waals surface area contributed by atoms with Crippen LogP contribution in [0.4, 0.5) is 10.1 Å². The van der Waals surface area contributed by atoms with Crippen LogP contribution in [-0.2, 0) is 11.3 Å². The number of methoxy groups -OCH3 is 1. The Morgan fingerprint density at radius 2 is 1.82 bits per heavy atom. The molecular weight excluding hydrogens is 421 g/mol. The molecule has 1 atom stereocenters. The molecule has 3 aromatic rings. The van der Waals surface area contributed by atoms with Gasteiger partial charge in [-0.25, -0.2) is 4.39 Å². The van der Waals surface area contributed by atoms with E-state index in [1.165, 1.54) is 23.5 Å². The third kappa shape index (κ3) is 3.65. The maximum absolute atomic E-state index is 13.8. The zero-order valence-corrected chi connectivity index (χ0v) is 18.9. The van der Waals surface area contributed by atoms with E-state index in [0.717, 1.165) is 36.6 Å². The smallest absolute Gasteiger partial charge is 0.275 e. The highest BCUT2D eigenvalue weighted by molar-refractivity contribution is 6.14. The van der Waals surface area contributed by atoms with Crippen molar-refractivity contribution in [2.45, 2.75) is 57.2 Å². The summed E-state index contributed by atoms with van der Waals surface area (Å²) in [5.41, 5.74) is 0.643. The molecule has 172 valence electrons. The molecule has 33 heavy (non-hydrogen) atoms. The Bertz CT molecular complexity index is 1210. The van der Waals surface area contributed by atoms with Crippen LogP contribution >= 0.6 is 0 Å². The zero-order valence-electron chi connectivity index (χ0n) is 18.9. The molecule has 0 radical (unpaired) electrons. The van der Waals surface area contributed by atoms with Gasteiger partial charge in [-0.2, -0.15) is 0 Å². The summed E-state index contributed by atoms with van der Waals surface area (Å²) in [7, 11) is 1.60. The second-order valence-corrected chi connectivity index (χ2v) is 9.24. The first-order valence-corrected chi connectivity index (χ1v) is 11.5. The van der Waals surface area contributed by atoms with Crippen molar-refractivity contribution in [3.05, 3.63) is 60.0 Å². The van der Waals surface area contributed by atoms with Crippen LogP contribution in [0.15, 0.2) is 48.5 Å². The molecule has 5 rings (SSSR count). The van der Waals surface area contributed by atoms with Crippen molar-refractivity contribution in [3.8, 4) is 5.75 Å². The van der Waals surface area contributed by atoms with E-state index in [1.807, 2.05) is 28.8 Å². The summed E-state index contributed by atoms with van der Waals surface area (Å²) in [6, 6.07) is 13.3. The number of amides is 2. The number of nitrogens with zero attached hydrogens (tertiary/aromatic N) is 2. The van der Waals surface area contributed by atoms with Crippen molar-refractivity contribution in [2.75, 3.05) is 12.0 Å². The fourth-order valence-corrected chi connectivity index (χ4v) is 5.18. The van der Waals surface area contributed by atoms with E-state index in [-0.39, 0.29) is 24.4 Å². The number of carbonyl (C=O) groups is 2. The normalized spacial score (nSPS) is 21.2. The summed E-state index contributed by atoms with van der Waals surface area (Å²) in [5.74, 6) is -0.185. The Morgan fingerprint density at radius 1 is 1.09 bits per heavy atom. The van der Waals surface area contributed by atoms with Gasteiger partial charge in [0.15, 0.2) is 0 Å². The Labute approximate surface area is 192 Å². The van der Waals surface area contributed by atoms with E-state index < -0.39 is 11.4 Å². The number of fused-ring (bicyclic) bond motifs is 3. The van der Waals surface area contributed by atoms with E-state index in [0.29, 0.717) is 17.1 Å². The molecule has 6 nitrogen and oxygen atoms in total. The van der Waals surface area contributed by atoms with Gasteiger partial charge < -0.3 is 14.6 Å². The largest absolute Gasteiger partial charge is 0.497 e. The molecule has 7 heteroatoms. The summed E-state index contributed by atoms with van der Waals surface area (Å²) < 4.78 is 21.0. The minimum atomic E-state index is -1.19. The van der Waals surface area contributed by atoms with Gasteiger partial charge in [0.1, 0.15) is 22.8 Å². The van der Waals surface area contributed by atoms with Gasteiger partial charge in [0.25, 0.3) is 5.91 Å². The SMILES string of the molecule is COc1ccc2cc3n(c2c1)C[C@@](C)(C(=O)NC1CCCCC1)N(c1ccc(F)cc1)C3=O. The molecule has 1 N–H and O–H groups in total. The minimum absolute atomic E-state index is 0.108. The third-order valence-electron chi connectivity index (χ3n) is 7.01. The topological polar surface area (TPSA) is 63.6 Å². The Kier molecular flexibility index (Phi) is 5.35. The van der Waals surface area contributed by atoms with Crippen LogP contribution in [0.3, 0.4) is 0 Å². The quantitative estimate of drug-likeness (QED) is 0.630. The summed E-state index contributed by atoms with van der Waals surface area (Å²) >= 11 is 0. The lowest BCUT2D eigenvalue weighted by molar-refractivity contribution is -0.127. The van der Waals surface area contributed by atoms with Gasteiger partial charge in [0.2, 0.25) is 5.91 Å². The standard InChI is InChI=1S/C26H28FN3O3/c1-26(25(32)28-19-6-4-3-5-7-19)16-29-22-15-21(33-2)13-8-17(22)14-23(29)24(31)30(26)20-11-9-18(27)10-12-20/h8-15,19H,3-7,16H2,1-2H3,(H,28,32)/t26-/m0/s1. The monoisotopic (exact) mass is 449 g/mol. The van der Waals surface area contributed by atoms with Crippen molar-refractivity contribution < 1.29 is 18.7 Å². The van der Waals surface area contributed by atoms with Gasteiger partial charge in [-0.1, -0.05) is 19.3 Å². The maximum Gasteiger partial charge on any atom is 0.275 e. The number of hydrogen-bond acceptors (Lipinski definition) is 3. The second-order valence-electron chi connectivity index (χ2n) is 9.24. The highest BCUT2D eigenvalue weighted by atomic mass is 19.1. The fourth-order valence-electron chi connectivity index (χ4n) is 5.18. The number of hydrogen-bond donors (Lipinski definition) is 1. The van der Waals surface area contributed by atoms with Gasteiger partial charge in [-0.15, -0.1) is 0 Å². The van der Waals surface area contributed by atoms with Crippen molar-refractivity contribution in [3.63, 3.8) is 0 Å². The number of nitrogens with one attached hydrogen (secondary N) is 1. The maximum atomic E-state index is 13.8. The van der Waals surface area contributed by atoms with Crippen molar-refractivity contribution >= 4 is 28.4 Å². The molecule has 2 heterocycles. The van der Waals surface area contributed by atoms with E-state index in [2.05, 4.69) is 5.32 Å². The number of halogens is 1. The van der Waals surface area contributed by atoms with Crippen LogP contribution in [0.1, 0.15) is 49.5 Å². The number of rotatable bonds is 4. The Morgan fingerprint density at radius 3 is 2.52 bits per heavy atom. The lowest BCUT2D eigenvalue weighted by Gasteiger charge is -2.44. The van der Waals surface area contributed by atoms with Gasteiger partial charge in [-0.3, -0.25) is 14.5 Å². The average molecular weight is 450 g/mol. The fraction of sp³-hybridized carbons (Fsp3) is 0.385. The van der Waals surface area contributed by atoms with Crippen LogP contribution in [0.5, 0.6) is 5.75 Å². The van der Waals surface area contributed by atoms with Crippen LogP contribution in [0.25, 0.3) is 10.9 Å². The minimum Gasteiger partial charge on any atom is -0.497 e. The molecule has 1 saturated carbocycles. The number of aromatic nitrogens is 1. The highest BCUT2D eigenvalue weighted by Crippen LogP contribution is 2.37. The van der Waals surface area contributed by atoms with Gasteiger partial charge in [0, 0.05) is 23.2 Å². The lowest BCUT2D eigenvalue weighted by atomic mass is 9.91. The first kappa shape index (κ1) is 21.5. The van der Waals surface area contributed by atoms with Crippen molar-refractivity contribution in [1.82, 2.24) is 9.88 Å². The van der Waals surface area contributed by atoms with Crippen LogP contribution in [0, 0.1) is 5.82 Å². The zero-order chi connectivity index (χ0) is 23.2. The molecular formula is C26H28FN3O3. The van der Waals surface area contributed by atoms with Crippen LogP contribution in [0.2, 0.25) is 0 Å². The molecule has 2 aliphatic rings. The molecule has 1 aliphatic heterocycles. The first-order chi connectivity index (χ1) is 15.9. The van der Waals surface area contributed by atoms with E-state index in [1.54, 1.807) is 26.2 Å². The lowest BCUT2D eigenvalue weighted by Crippen LogP contribution is -2.65. The predicted octanol–water partition coefficient (Wildman–Crippen LogP) is 4.66. The van der Waals surface area contributed by atoms with Gasteiger partial charge >= 0.3 is 0 Å². The summed E-state index contributed by atoms with van der Waals surface area (Å²) in [4.78, 5) is 29.1. The third-order valence-corrected chi connectivity index (χ3v) is 7.01. The van der Waals surface area contributed by atoms with E-state index in [4.69, 9.17) is 4.74 Å². The molecule has 1 fully saturated rings. The summed E-state index contributed by atoms with van der Waals surface area (Å²) in [5, 5.41) is 4.11. The molecule has 1 aliphatic carbocycles. The molecule has 2 aromatic carbocycles. The number of anilines is 1. The van der Waals surface area contributed by atoms with E-state index in [9.17, 15) is 14.0 Å². The Hall–Kier alpha value is -3.35. The predicted molar refractivity (Wildman–Crippen MR) is 125 cm³/mol. The number of benzene rings is 2. The first-order valence-electron chi connectivity index (χ1n) is 11.5. The van der Waals surface area contributed by atoms with Crippen molar-refractivity contribution in [1.29, 1.82) is 0 Å². The second kappa shape index (κ2) is 8.21. The van der Waals surface area contributed by atoms with Crippen LogP contribution in [-0.4, -0.2) is 35.1 Å². The molecule has 0 saturated heterocycles. The number of carbonyl (C=O) groups excluding carboxylic acids is 2. The summed E-state index contributed by atoms with van der Waals surface area (Å²) in [6.07, 6.45) is 5.26. The molecule has 1 aromatic heterocycles. The van der Waals surface area contributed by atoms with Crippen LogP contribution < -0.4 is 15.0 Å². The molecule has 0 bridgehead atoms. The molecule has 0 unspecified atom stereocenters. The number of ether oxygens (including phenoxy) is 1. The van der Waals surface area contributed by atoms with E-state index >= 15 is 0 Å². The Balaban J connectivity index is 1.62. The van der Waals surface area contributed by atoms with Gasteiger partial charge in [-0.05, 0) is 62.2 Å². The molecule has 0 spiro atoms. The highest BCUT2D eigenvalue weighted by Gasteiger charge is 2.49.